The van der Waals surface area contributed by atoms with Gasteiger partial charge in [0.1, 0.15) is 5.75 Å². The van der Waals surface area contributed by atoms with E-state index in [0.29, 0.717) is 37.6 Å². The van der Waals surface area contributed by atoms with Crippen molar-refractivity contribution in [2.24, 2.45) is 0 Å². The van der Waals surface area contributed by atoms with Crippen molar-refractivity contribution in [3.63, 3.8) is 0 Å². The number of hydrogen-bond donors (Lipinski definition) is 1. The van der Waals surface area contributed by atoms with Crippen molar-refractivity contribution >= 4 is 17.5 Å². The third-order valence-electron chi connectivity index (χ3n) is 5.23. The molecule has 0 unspecified atom stereocenters. The molecule has 0 aliphatic carbocycles. The highest BCUT2D eigenvalue weighted by Crippen LogP contribution is 2.29. The Morgan fingerprint density at radius 2 is 1.93 bits per heavy atom. The fourth-order valence-electron chi connectivity index (χ4n) is 3.56. The Labute approximate surface area is 175 Å². The summed E-state index contributed by atoms with van der Waals surface area (Å²) < 4.78 is 5.73. The number of ether oxygens (including phenoxy) is 1. The fourth-order valence-corrected chi connectivity index (χ4v) is 3.69. The van der Waals surface area contributed by atoms with E-state index in [2.05, 4.69) is 10.2 Å². The number of halogens is 1. The van der Waals surface area contributed by atoms with Crippen LogP contribution in [0.5, 0.6) is 5.75 Å². The van der Waals surface area contributed by atoms with Gasteiger partial charge in [-0.15, -0.1) is 0 Å². The zero-order chi connectivity index (χ0) is 20.2. The van der Waals surface area contributed by atoms with Crippen LogP contribution in [0.1, 0.15) is 29.7 Å². The Hall–Kier alpha value is -2.79. The molecular formula is C23H24ClN3O2. The molecule has 150 valence electrons. The Balaban J connectivity index is 1.33. The minimum atomic E-state index is 0.159. The predicted octanol–water partition coefficient (Wildman–Crippen LogP) is 4.78. The first kappa shape index (κ1) is 19.5. The Kier molecular flexibility index (Phi) is 5.86. The summed E-state index contributed by atoms with van der Waals surface area (Å²) in [4.78, 5) is 14.6. The van der Waals surface area contributed by atoms with Gasteiger partial charge in [-0.05, 0) is 37.6 Å². The molecule has 2 heterocycles. The number of hydrogen-bond acceptors (Lipinski definition) is 3. The van der Waals surface area contributed by atoms with Gasteiger partial charge in [-0.2, -0.15) is 5.10 Å². The molecule has 0 fully saturated rings. The summed E-state index contributed by atoms with van der Waals surface area (Å²) in [5.74, 6) is 1.00. The first-order valence-corrected chi connectivity index (χ1v) is 10.3. The third kappa shape index (κ3) is 4.62. The van der Waals surface area contributed by atoms with Crippen LogP contribution in [-0.2, 0) is 17.8 Å². The summed E-state index contributed by atoms with van der Waals surface area (Å²) in [5.41, 5.74) is 5.32. The third-order valence-corrected chi connectivity index (χ3v) is 5.48. The van der Waals surface area contributed by atoms with Gasteiger partial charge in [0.2, 0.25) is 5.91 Å². The van der Waals surface area contributed by atoms with Gasteiger partial charge in [-0.1, -0.05) is 41.4 Å². The van der Waals surface area contributed by atoms with Crippen LogP contribution in [-0.4, -0.2) is 34.2 Å². The van der Waals surface area contributed by atoms with E-state index >= 15 is 0 Å². The van der Waals surface area contributed by atoms with E-state index in [0.717, 1.165) is 34.7 Å². The lowest BCUT2D eigenvalue weighted by Gasteiger charge is -2.27. The van der Waals surface area contributed by atoms with Crippen LogP contribution in [0, 0.1) is 6.92 Å². The summed E-state index contributed by atoms with van der Waals surface area (Å²) in [6.07, 6.45) is 1.97. The number of benzene rings is 2. The number of nitrogens with one attached hydrogen (secondary N) is 1. The Morgan fingerprint density at radius 3 is 2.69 bits per heavy atom. The zero-order valence-corrected chi connectivity index (χ0v) is 17.2. The molecule has 1 aliphatic heterocycles. The molecule has 1 aromatic heterocycles. The maximum atomic E-state index is 12.7. The molecule has 2 aromatic carbocycles. The molecule has 0 saturated carbocycles. The van der Waals surface area contributed by atoms with Crippen LogP contribution < -0.4 is 4.74 Å². The molecule has 5 nitrogen and oxygen atoms in total. The fraction of sp³-hybridized carbons (Fsp3) is 0.304. The smallest absolute Gasteiger partial charge is 0.223 e. The minimum absolute atomic E-state index is 0.159. The number of rotatable bonds is 6. The van der Waals surface area contributed by atoms with Crippen LogP contribution >= 0.6 is 11.6 Å². The number of nitrogens with zero attached hydrogens (tertiary/aromatic N) is 2. The molecule has 0 radical (unpaired) electrons. The minimum Gasteiger partial charge on any atom is -0.494 e. The average Bonchev–Trinajstić information content (AvgIpc) is 3.16. The number of aryl methyl sites for hydroxylation is 1. The van der Waals surface area contributed by atoms with Crippen molar-refractivity contribution in [1.82, 2.24) is 15.1 Å². The first-order chi connectivity index (χ1) is 14.1. The van der Waals surface area contributed by atoms with Crippen molar-refractivity contribution in [2.75, 3.05) is 13.2 Å². The van der Waals surface area contributed by atoms with E-state index < -0.39 is 0 Å². The van der Waals surface area contributed by atoms with Crippen LogP contribution in [0.25, 0.3) is 11.3 Å². The lowest BCUT2D eigenvalue weighted by atomic mass is 10.0. The summed E-state index contributed by atoms with van der Waals surface area (Å²) in [6.45, 7) is 3.88. The van der Waals surface area contributed by atoms with E-state index in [1.54, 1.807) is 0 Å². The second-order valence-electron chi connectivity index (χ2n) is 7.37. The maximum Gasteiger partial charge on any atom is 0.223 e. The van der Waals surface area contributed by atoms with Crippen LogP contribution in [0.2, 0.25) is 5.02 Å². The number of aromatic nitrogens is 2. The number of carbonyl (C=O) groups is 1. The zero-order valence-electron chi connectivity index (χ0n) is 16.5. The molecule has 1 amide bonds. The summed E-state index contributed by atoms with van der Waals surface area (Å²) in [5, 5.41) is 8.31. The molecular weight excluding hydrogens is 386 g/mol. The lowest BCUT2D eigenvalue weighted by Crippen LogP contribution is -2.36. The summed E-state index contributed by atoms with van der Waals surface area (Å²) in [7, 11) is 0. The number of H-pyrrole nitrogens is 1. The maximum absolute atomic E-state index is 12.7. The van der Waals surface area contributed by atoms with Crippen molar-refractivity contribution in [2.45, 2.75) is 32.7 Å². The van der Waals surface area contributed by atoms with Gasteiger partial charge in [0.05, 0.1) is 12.3 Å². The normalized spacial score (nSPS) is 13.2. The number of fused-ring (bicyclic) bond motifs is 1. The van der Waals surface area contributed by atoms with Gasteiger partial charge < -0.3 is 9.64 Å². The topological polar surface area (TPSA) is 58.2 Å². The SMILES string of the molecule is Cc1ccc(OCCCC(=O)N2CCc3[nH]nc(-c4ccc(Cl)cc4)c3C2)cc1. The summed E-state index contributed by atoms with van der Waals surface area (Å²) >= 11 is 6.00. The van der Waals surface area contributed by atoms with E-state index in [-0.39, 0.29) is 5.91 Å². The van der Waals surface area contributed by atoms with Gasteiger partial charge in [0.25, 0.3) is 0 Å². The van der Waals surface area contributed by atoms with Crippen molar-refractivity contribution in [3.8, 4) is 17.0 Å². The van der Waals surface area contributed by atoms with Crippen molar-refractivity contribution in [3.05, 3.63) is 70.4 Å². The van der Waals surface area contributed by atoms with E-state index in [1.807, 2.05) is 60.4 Å². The van der Waals surface area contributed by atoms with E-state index in [9.17, 15) is 4.79 Å². The molecule has 0 bridgehead atoms. The quantitative estimate of drug-likeness (QED) is 0.596. The van der Waals surface area contributed by atoms with E-state index in [4.69, 9.17) is 16.3 Å². The van der Waals surface area contributed by atoms with Gasteiger partial charge in [-0.3, -0.25) is 9.89 Å². The number of amides is 1. The highest BCUT2D eigenvalue weighted by Gasteiger charge is 2.25. The van der Waals surface area contributed by atoms with Gasteiger partial charge in [-0.25, -0.2) is 0 Å². The molecule has 0 saturated heterocycles. The first-order valence-electron chi connectivity index (χ1n) is 9.89. The molecule has 4 rings (SSSR count). The molecule has 29 heavy (non-hydrogen) atoms. The largest absolute Gasteiger partial charge is 0.494 e. The molecule has 1 N–H and O–H groups in total. The molecule has 1 aliphatic rings. The molecule has 0 atom stereocenters. The van der Waals surface area contributed by atoms with Gasteiger partial charge in [0, 0.05) is 47.8 Å². The molecule has 6 heteroatoms. The average molecular weight is 410 g/mol. The highest BCUT2D eigenvalue weighted by molar-refractivity contribution is 6.30. The van der Waals surface area contributed by atoms with Gasteiger partial charge >= 0.3 is 0 Å². The van der Waals surface area contributed by atoms with Gasteiger partial charge in [0.15, 0.2) is 0 Å². The lowest BCUT2D eigenvalue weighted by molar-refractivity contribution is -0.132. The Morgan fingerprint density at radius 1 is 1.17 bits per heavy atom. The second kappa shape index (κ2) is 8.70. The number of aromatic amines is 1. The van der Waals surface area contributed by atoms with Crippen molar-refractivity contribution in [1.29, 1.82) is 0 Å². The highest BCUT2D eigenvalue weighted by atomic mass is 35.5. The van der Waals surface area contributed by atoms with Crippen LogP contribution in [0.3, 0.4) is 0 Å². The number of carbonyl (C=O) groups excluding carboxylic acids is 1. The second-order valence-corrected chi connectivity index (χ2v) is 7.80. The summed E-state index contributed by atoms with van der Waals surface area (Å²) in [6, 6.07) is 15.6. The van der Waals surface area contributed by atoms with Crippen LogP contribution in [0.15, 0.2) is 48.5 Å². The monoisotopic (exact) mass is 409 g/mol. The van der Waals surface area contributed by atoms with Crippen molar-refractivity contribution < 1.29 is 9.53 Å². The molecule has 0 spiro atoms. The predicted molar refractivity (Wildman–Crippen MR) is 114 cm³/mol. The Bertz CT molecular complexity index is 980. The van der Waals surface area contributed by atoms with E-state index in [1.165, 1.54) is 5.56 Å². The standard InChI is InChI=1S/C23H24ClN3O2/c1-16-4-10-19(11-5-16)29-14-2-3-22(28)27-13-12-21-20(15-27)23(26-25-21)17-6-8-18(24)9-7-17/h4-11H,2-3,12-15H2,1H3,(H,25,26). The van der Waals surface area contributed by atoms with Crippen LogP contribution in [0.4, 0.5) is 0 Å². The molecule has 3 aromatic rings.